The zero-order chi connectivity index (χ0) is 11.4. The van der Waals surface area contributed by atoms with E-state index in [1.807, 2.05) is 13.8 Å². The lowest BCUT2D eigenvalue weighted by molar-refractivity contribution is 0.0861. The topological polar surface area (TPSA) is 40.5 Å². The van der Waals surface area contributed by atoms with Crippen molar-refractivity contribution in [2.45, 2.75) is 52.6 Å². The molecular weight excluding hydrogens is 176 g/mol. The average Bonchev–Trinajstić information content (AvgIpc) is 2.19. The number of allylic oxidation sites excluding steroid dienone is 1. The molecule has 0 heterocycles. The first-order chi connectivity index (χ1) is 6.58. The quantitative estimate of drug-likeness (QED) is 0.529. The highest BCUT2D eigenvalue weighted by Gasteiger charge is 1.98. The van der Waals surface area contributed by atoms with Crippen LogP contribution in [-0.4, -0.2) is 22.9 Å². The Morgan fingerprint density at radius 1 is 1.36 bits per heavy atom. The van der Waals surface area contributed by atoms with Gasteiger partial charge in [-0.15, -0.1) is 5.73 Å². The Kier molecular flexibility index (Phi) is 14.1. The second kappa shape index (κ2) is 12.4. The van der Waals surface area contributed by atoms with Crippen LogP contribution in [0.5, 0.6) is 0 Å². The summed E-state index contributed by atoms with van der Waals surface area (Å²) in [6.45, 7) is 9.35. The molecule has 0 amide bonds. The maximum Gasteiger partial charge on any atom is 0.0770 e. The van der Waals surface area contributed by atoms with E-state index in [0.717, 1.165) is 31.3 Å². The average molecular weight is 200 g/mol. The molecule has 0 aliphatic rings. The van der Waals surface area contributed by atoms with Crippen LogP contribution in [0, 0.1) is 0 Å². The molecule has 0 rings (SSSR count). The standard InChI is InChI=1S/C7H16O2.C5H8/c1-2-3-4-5-7(9)6-8;1-4-5(2)3/h7-9H,2-6H2,1H3;1H2,2-3H3. The molecule has 2 nitrogen and oxygen atoms in total. The van der Waals surface area contributed by atoms with E-state index < -0.39 is 6.10 Å². The molecule has 0 aliphatic carbocycles. The minimum atomic E-state index is -0.489. The van der Waals surface area contributed by atoms with Crippen molar-refractivity contribution >= 4 is 0 Å². The Hall–Kier alpha value is -0.560. The Balaban J connectivity index is 0. The Morgan fingerprint density at radius 3 is 2.14 bits per heavy atom. The van der Waals surface area contributed by atoms with Crippen molar-refractivity contribution in [3.05, 3.63) is 17.9 Å². The van der Waals surface area contributed by atoms with Crippen molar-refractivity contribution in [2.75, 3.05) is 6.61 Å². The molecule has 0 saturated heterocycles. The maximum absolute atomic E-state index is 8.83. The van der Waals surface area contributed by atoms with Gasteiger partial charge in [-0.05, 0) is 25.8 Å². The number of unbranched alkanes of at least 4 members (excludes halogenated alkanes) is 2. The monoisotopic (exact) mass is 200 g/mol. The van der Waals surface area contributed by atoms with Gasteiger partial charge in [0, 0.05) is 0 Å². The van der Waals surface area contributed by atoms with Crippen LogP contribution in [0.25, 0.3) is 0 Å². The summed E-state index contributed by atoms with van der Waals surface area (Å²) in [5, 5.41) is 17.2. The second-order valence-electron chi connectivity index (χ2n) is 3.51. The predicted molar refractivity (Wildman–Crippen MR) is 61.2 cm³/mol. The summed E-state index contributed by atoms with van der Waals surface area (Å²) in [5.74, 6) is 0. The second-order valence-corrected chi connectivity index (χ2v) is 3.51. The SMILES string of the molecule is C=C=C(C)C.CCCCCC(O)CO. The molecule has 14 heavy (non-hydrogen) atoms. The Labute approximate surface area is 88.0 Å². The molecule has 0 spiro atoms. The van der Waals surface area contributed by atoms with Crippen LogP contribution in [0.2, 0.25) is 0 Å². The smallest absolute Gasteiger partial charge is 0.0770 e. The fourth-order valence-corrected chi connectivity index (χ4v) is 0.721. The van der Waals surface area contributed by atoms with Gasteiger partial charge in [-0.25, -0.2) is 0 Å². The maximum atomic E-state index is 8.83. The van der Waals surface area contributed by atoms with Gasteiger partial charge in [0.05, 0.1) is 12.7 Å². The molecular formula is C12H24O2. The van der Waals surface area contributed by atoms with E-state index in [9.17, 15) is 0 Å². The van der Waals surface area contributed by atoms with E-state index in [1.54, 1.807) is 0 Å². The zero-order valence-corrected chi connectivity index (χ0v) is 9.71. The first kappa shape index (κ1) is 15.9. The molecule has 0 fully saturated rings. The highest BCUT2D eigenvalue weighted by molar-refractivity contribution is 4.87. The van der Waals surface area contributed by atoms with Crippen LogP contribution < -0.4 is 0 Å². The van der Waals surface area contributed by atoms with Crippen LogP contribution in [0.4, 0.5) is 0 Å². The highest BCUT2D eigenvalue weighted by atomic mass is 16.3. The molecule has 0 radical (unpaired) electrons. The van der Waals surface area contributed by atoms with Crippen LogP contribution >= 0.6 is 0 Å². The lowest BCUT2D eigenvalue weighted by Crippen LogP contribution is -2.10. The largest absolute Gasteiger partial charge is 0.394 e. The van der Waals surface area contributed by atoms with Crippen LogP contribution in [0.3, 0.4) is 0 Å². The number of hydrogen-bond donors (Lipinski definition) is 2. The van der Waals surface area contributed by atoms with Gasteiger partial charge >= 0.3 is 0 Å². The van der Waals surface area contributed by atoms with Gasteiger partial charge < -0.3 is 10.2 Å². The highest BCUT2D eigenvalue weighted by Crippen LogP contribution is 2.01. The van der Waals surface area contributed by atoms with Gasteiger partial charge in [0.25, 0.3) is 0 Å². The lowest BCUT2D eigenvalue weighted by Gasteiger charge is -2.04. The van der Waals surface area contributed by atoms with E-state index in [2.05, 4.69) is 19.2 Å². The van der Waals surface area contributed by atoms with Gasteiger partial charge in [-0.3, -0.25) is 0 Å². The summed E-state index contributed by atoms with van der Waals surface area (Å²) in [5.41, 5.74) is 3.84. The molecule has 84 valence electrons. The van der Waals surface area contributed by atoms with Gasteiger partial charge in [-0.1, -0.05) is 32.8 Å². The molecule has 1 unspecified atom stereocenters. The van der Waals surface area contributed by atoms with E-state index in [4.69, 9.17) is 10.2 Å². The molecule has 0 saturated carbocycles. The van der Waals surface area contributed by atoms with Gasteiger partial charge in [-0.2, -0.15) is 0 Å². The van der Waals surface area contributed by atoms with Gasteiger partial charge in [0.2, 0.25) is 0 Å². The molecule has 0 aromatic rings. The summed E-state index contributed by atoms with van der Waals surface area (Å²) in [6.07, 6.45) is 3.59. The first-order valence-corrected chi connectivity index (χ1v) is 5.20. The van der Waals surface area contributed by atoms with Crippen molar-refractivity contribution in [1.29, 1.82) is 0 Å². The zero-order valence-electron chi connectivity index (χ0n) is 9.71. The molecule has 0 aliphatic heterocycles. The number of rotatable bonds is 5. The minimum Gasteiger partial charge on any atom is -0.394 e. The molecule has 0 aromatic carbocycles. The normalized spacial score (nSPS) is 10.9. The fraction of sp³-hybridized carbons (Fsp3) is 0.750. The summed E-state index contributed by atoms with van der Waals surface area (Å²) in [4.78, 5) is 0. The van der Waals surface area contributed by atoms with E-state index >= 15 is 0 Å². The molecule has 2 heteroatoms. The van der Waals surface area contributed by atoms with Gasteiger partial charge in [0.1, 0.15) is 0 Å². The van der Waals surface area contributed by atoms with Gasteiger partial charge in [0.15, 0.2) is 0 Å². The molecule has 0 aromatic heterocycles. The van der Waals surface area contributed by atoms with Crippen molar-refractivity contribution in [3.8, 4) is 0 Å². The third kappa shape index (κ3) is 17.5. The minimum absolute atomic E-state index is 0.0935. The summed E-state index contributed by atoms with van der Waals surface area (Å²) in [7, 11) is 0. The third-order valence-corrected chi connectivity index (χ3v) is 1.71. The van der Waals surface area contributed by atoms with Crippen molar-refractivity contribution in [2.24, 2.45) is 0 Å². The van der Waals surface area contributed by atoms with Crippen molar-refractivity contribution in [1.82, 2.24) is 0 Å². The van der Waals surface area contributed by atoms with E-state index in [-0.39, 0.29) is 6.61 Å². The molecule has 0 bridgehead atoms. The molecule has 1 atom stereocenters. The fourth-order valence-electron chi connectivity index (χ4n) is 0.721. The first-order valence-electron chi connectivity index (χ1n) is 5.20. The number of aliphatic hydroxyl groups excluding tert-OH is 2. The number of hydrogen-bond acceptors (Lipinski definition) is 2. The van der Waals surface area contributed by atoms with E-state index in [0.29, 0.717) is 0 Å². The summed E-state index contributed by atoms with van der Waals surface area (Å²) in [6, 6.07) is 0. The third-order valence-electron chi connectivity index (χ3n) is 1.71. The van der Waals surface area contributed by atoms with Crippen molar-refractivity contribution < 1.29 is 10.2 Å². The van der Waals surface area contributed by atoms with Crippen LogP contribution in [0.15, 0.2) is 17.9 Å². The predicted octanol–water partition coefficient (Wildman–Crippen LogP) is 2.66. The molecule has 2 N–H and O–H groups in total. The van der Waals surface area contributed by atoms with Crippen LogP contribution in [-0.2, 0) is 0 Å². The Bertz CT molecular complexity index is 154. The summed E-state index contributed by atoms with van der Waals surface area (Å²) < 4.78 is 0. The van der Waals surface area contributed by atoms with Crippen molar-refractivity contribution in [3.63, 3.8) is 0 Å². The van der Waals surface area contributed by atoms with E-state index in [1.165, 1.54) is 0 Å². The van der Waals surface area contributed by atoms with Crippen LogP contribution in [0.1, 0.15) is 46.5 Å². The summed E-state index contributed by atoms with van der Waals surface area (Å²) >= 11 is 0. The lowest BCUT2D eigenvalue weighted by atomic mass is 10.1. The Morgan fingerprint density at radius 2 is 1.86 bits per heavy atom. The number of aliphatic hydroxyl groups is 2.